The summed E-state index contributed by atoms with van der Waals surface area (Å²) in [6.45, 7) is -1.04. The highest BCUT2D eigenvalue weighted by Crippen LogP contribution is 2.18. The van der Waals surface area contributed by atoms with Crippen molar-refractivity contribution in [2.24, 2.45) is 0 Å². The lowest BCUT2D eigenvalue weighted by molar-refractivity contribution is -0.385. The Morgan fingerprint density at radius 2 is 1.94 bits per heavy atom. The molecule has 17 heavy (non-hydrogen) atoms. The van der Waals surface area contributed by atoms with Gasteiger partial charge in [0.05, 0.1) is 11.5 Å². The molecule has 0 amide bonds. The summed E-state index contributed by atoms with van der Waals surface area (Å²) in [6.07, 6.45) is -4.07. The van der Waals surface area contributed by atoms with E-state index in [4.69, 9.17) is 0 Å². The van der Waals surface area contributed by atoms with Gasteiger partial charge in [0.25, 0.3) is 5.69 Å². The van der Waals surface area contributed by atoms with Gasteiger partial charge in [-0.2, -0.15) is 13.2 Å². The van der Waals surface area contributed by atoms with E-state index in [1.165, 1.54) is 18.2 Å². The maximum Gasteiger partial charge on any atom is 0.401 e. The third-order valence-corrected chi connectivity index (χ3v) is 2.08. The second-order valence-corrected chi connectivity index (χ2v) is 3.43. The SMILES string of the molecule is O=[N+]([O-])c1ccccc1CCNCC(F)(F)F. The molecule has 94 valence electrons. The van der Waals surface area contributed by atoms with E-state index >= 15 is 0 Å². The van der Waals surface area contributed by atoms with Crippen molar-refractivity contribution in [2.45, 2.75) is 12.6 Å². The van der Waals surface area contributed by atoms with E-state index in [9.17, 15) is 23.3 Å². The Kier molecular flexibility index (Phi) is 4.45. The number of alkyl halides is 3. The van der Waals surface area contributed by atoms with Gasteiger partial charge >= 0.3 is 6.18 Å². The summed E-state index contributed by atoms with van der Waals surface area (Å²) in [4.78, 5) is 10.1. The van der Waals surface area contributed by atoms with Crippen LogP contribution in [0.3, 0.4) is 0 Å². The summed E-state index contributed by atoms with van der Waals surface area (Å²) in [6, 6.07) is 6.00. The molecule has 0 saturated heterocycles. The van der Waals surface area contributed by atoms with Crippen LogP contribution in [0.2, 0.25) is 0 Å². The third-order valence-electron chi connectivity index (χ3n) is 2.08. The van der Waals surface area contributed by atoms with E-state index in [1.807, 2.05) is 0 Å². The summed E-state index contributed by atoms with van der Waals surface area (Å²) in [5.74, 6) is 0. The molecule has 0 aliphatic carbocycles. The number of nitrogens with zero attached hydrogens (tertiary/aromatic N) is 1. The summed E-state index contributed by atoms with van der Waals surface area (Å²) in [5, 5.41) is 12.8. The first-order chi connectivity index (χ1) is 7.90. The number of benzene rings is 1. The molecular formula is C10H11F3N2O2. The van der Waals surface area contributed by atoms with Crippen molar-refractivity contribution in [1.82, 2.24) is 5.32 Å². The van der Waals surface area contributed by atoms with E-state index in [2.05, 4.69) is 5.32 Å². The first-order valence-corrected chi connectivity index (χ1v) is 4.90. The van der Waals surface area contributed by atoms with E-state index in [-0.39, 0.29) is 18.7 Å². The molecule has 1 rings (SSSR count). The molecule has 0 spiro atoms. The van der Waals surface area contributed by atoms with Crippen LogP contribution in [0.5, 0.6) is 0 Å². The molecule has 1 aromatic rings. The maximum atomic E-state index is 11.8. The third kappa shape index (κ3) is 4.81. The van der Waals surface area contributed by atoms with Crippen LogP contribution in [0.15, 0.2) is 24.3 Å². The summed E-state index contributed by atoms with van der Waals surface area (Å²) >= 11 is 0. The van der Waals surface area contributed by atoms with Crippen molar-refractivity contribution in [1.29, 1.82) is 0 Å². The largest absolute Gasteiger partial charge is 0.401 e. The van der Waals surface area contributed by atoms with Crippen LogP contribution < -0.4 is 5.32 Å². The van der Waals surface area contributed by atoms with E-state index in [0.717, 1.165) is 0 Å². The second kappa shape index (κ2) is 5.62. The Bertz CT molecular complexity index is 393. The van der Waals surface area contributed by atoms with Crippen LogP contribution in [-0.4, -0.2) is 24.2 Å². The lowest BCUT2D eigenvalue weighted by Crippen LogP contribution is -2.30. The first kappa shape index (κ1) is 13.4. The molecule has 0 heterocycles. The fourth-order valence-corrected chi connectivity index (χ4v) is 1.35. The van der Waals surface area contributed by atoms with Crippen molar-refractivity contribution in [3.05, 3.63) is 39.9 Å². The minimum atomic E-state index is -4.26. The molecular weight excluding hydrogens is 237 g/mol. The molecule has 4 nitrogen and oxygen atoms in total. The number of hydrogen-bond donors (Lipinski definition) is 1. The first-order valence-electron chi connectivity index (χ1n) is 4.90. The number of halogens is 3. The highest BCUT2D eigenvalue weighted by atomic mass is 19.4. The van der Waals surface area contributed by atoms with Gasteiger partial charge in [0, 0.05) is 11.6 Å². The number of nitro groups is 1. The average molecular weight is 248 g/mol. The number of para-hydroxylation sites is 1. The number of hydrogen-bond acceptors (Lipinski definition) is 3. The van der Waals surface area contributed by atoms with Gasteiger partial charge in [0.15, 0.2) is 0 Å². The van der Waals surface area contributed by atoms with Gasteiger partial charge in [-0.25, -0.2) is 0 Å². The lowest BCUT2D eigenvalue weighted by atomic mass is 10.1. The predicted octanol–water partition coefficient (Wildman–Crippen LogP) is 2.29. The van der Waals surface area contributed by atoms with Gasteiger partial charge in [0.1, 0.15) is 0 Å². The number of nitrogens with one attached hydrogen (secondary N) is 1. The predicted molar refractivity (Wildman–Crippen MR) is 55.7 cm³/mol. The minimum absolute atomic E-state index is 0.0460. The van der Waals surface area contributed by atoms with Crippen molar-refractivity contribution < 1.29 is 18.1 Å². The maximum absolute atomic E-state index is 11.8. The van der Waals surface area contributed by atoms with Gasteiger partial charge < -0.3 is 5.32 Å². The summed E-state index contributed by atoms with van der Waals surface area (Å²) in [5.41, 5.74) is 0.355. The van der Waals surface area contributed by atoms with Gasteiger partial charge in [-0.1, -0.05) is 18.2 Å². The quantitative estimate of drug-likeness (QED) is 0.494. The van der Waals surface area contributed by atoms with Crippen molar-refractivity contribution in [3.8, 4) is 0 Å². The zero-order valence-electron chi connectivity index (χ0n) is 8.83. The highest BCUT2D eigenvalue weighted by Gasteiger charge is 2.26. The summed E-state index contributed by atoms with van der Waals surface area (Å²) in [7, 11) is 0. The second-order valence-electron chi connectivity index (χ2n) is 3.43. The number of nitro benzene ring substituents is 1. The Hall–Kier alpha value is -1.63. The Balaban J connectivity index is 2.49. The topological polar surface area (TPSA) is 55.2 Å². The highest BCUT2D eigenvalue weighted by molar-refractivity contribution is 5.39. The van der Waals surface area contributed by atoms with E-state index in [1.54, 1.807) is 6.07 Å². The molecule has 0 aromatic heterocycles. The van der Waals surface area contributed by atoms with Crippen molar-refractivity contribution in [3.63, 3.8) is 0 Å². The Labute approximate surface area is 95.6 Å². The van der Waals surface area contributed by atoms with E-state index < -0.39 is 17.6 Å². The van der Waals surface area contributed by atoms with Crippen LogP contribution in [0.4, 0.5) is 18.9 Å². The van der Waals surface area contributed by atoms with Gasteiger partial charge in [-0.05, 0) is 13.0 Å². The molecule has 0 fully saturated rings. The normalized spacial score (nSPS) is 11.5. The molecule has 0 atom stereocenters. The lowest BCUT2D eigenvalue weighted by Gasteiger charge is -2.08. The fourth-order valence-electron chi connectivity index (χ4n) is 1.35. The van der Waals surface area contributed by atoms with Crippen LogP contribution in [0, 0.1) is 10.1 Å². The summed E-state index contributed by atoms with van der Waals surface area (Å²) < 4.78 is 35.5. The molecule has 0 bridgehead atoms. The molecule has 1 aromatic carbocycles. The molecule has 0 saturated carbocycles. The van der Waals surface area contributed by atoms with Crippen molar-refractivity contribution >= 4 is 5.69 Å². The molecule has 1 N–H and O–H groups in total. The fraction of sp³-hybridized carbons (Fsp3) is 0.400. The van der Waals surface area contributed by atoms with Crippen molar-refractivity contribution in [2.75, 3.05) is 13.1 Å². The zero-order valence-corrected chi connectivity index (χ0v) is 8.83. The van der Waals surface area contributed by atoms with Crippen LogP contribution in [-0.2, 0) is 6.42 Å². The minimum Gasteiger partial charge on any atom is -0.308 e. The van der Waals surface area contributed by atoms with Gasteiger partial charge in [-0.15, -0.1) is 0 Å². The Morgan fingerprint density at radius 3 is 2.53 bits per heavy atom. The molecule has 0 aliphatic heterocycles. The standard InChI is InChI=1S/C10H11F3N2O2/c11-10(12,13)7-14-6-5-8-3-1-2-4-9(8)15(16)17/h1-4,14H,5-7H2. The molecule has 0 unspecified atom stereocenters. The van der Waals surface area contributed by atoms with Gasteiger partial charge in [-0.3, -0.25) is 10.1 Å². The molecule has 0 aliphatic rings. The molecule has 0 radical (unpaired) electrons. The smallest absolute Gasteiger partial charge is 0.308 e. The monoisotopic (exact) mass is 248 g/mol. The van der Waals surface area contributed by atoms with E-state index in [0.29, 0.717) is 5.56 Å². The van der Waals surface area contributed by atoms with Crippen LogP contribution in [0.25, 0.3) is 0 Å². The van der Waals surface area contributed by atoms with Gasteiger partial charge in [0.2, 0.25) is 0 Å². The number of rotatable bonds is 5. The average Bonchev–Trinajstić information content (AvgIpc) is 2.23. The van der Waals surface area contributed by atoms with Crippen LogP contribution in [0.1, 0.15) is 5.56 Å². The zero-order chi connectivity index (χ0) is 12.9. The Morgan fingerprint density at radius 1 is 1.29 bits per heavy atom. The molecule has 7 heteroatoms. The van der Waals surface area contributed by atoms with Crippen LogP contribution >= 0.6 is 0 Å².